The van der Waals surface area contributed by atoms with Crippen molar-refractivity contribution in [2.45, 2.75) is 31.6 Å². The highest BCUT2D eigenvalue weighted by molar-refractivity contribution is 6.42. The third kappa shape index (κ3) is 3.48. The molecule has 1 amide bonds. The van der Waals surface area contributed by atoms with Crippen LogP contribution in [0.2, 0.25) is 10.0 Å². The fraction of sp³-hybridized carbons (Fsp3) is 0.263. The third-order valence-electron chi connectivity index (χ3n) is 4.66. The van der Waals surface area contributed by atoms with E-state index in [1.54, 1.807) is 40.9 Å². The molecular weight excluding hydrogens is 389 g/mol. The van der Waals surface area contributed by atoms with Gasteiger partial charge < -0.3 is 15.2 Å². The lowest BCUT2D eigenvalue weighted by atomic mass is 9.89. The maximum atomic E-state index is 12.6. The van der Waals surface area contributed by atoms with Crippen LogP contribution in [0.5, 0.6) is 5.75 Å². The van der Waals surface area contributed by atoms with Gasteiger partial charge in [0.1, 0.15) is 28.2 Å². The van der Waals surface area contributed by atoms with Crippen LogP contribution in [0.15, 0.2) is 42.7 Å². The molecule has 1 aromatic carbocycles. The van der Waals surface area contributed by atoms with Crippen LogP contribution in [-0.4, -0.2) is 32.5 Å². The third-order valence-corrected chi connectivity index (χ3v) is 5.46. The van der Waals surface area contributed by atoms with Gasteiger partial charge in [-0.2, -0.15) is 0 Å². The van der Waals surface area contributed by atoms with E-state index >= 15 is 0 Å². The Labute approximate surface area is 165 Å². The van der Waals surface area contributed by atoms with Gasteiger partial charge in [-0.3, -0.25) is 9.20 Å². The zero-order valence-corrected chi connectivity index (χ0v) is 15.7. The maximum absolute atomic E-state index is 12.6. The van der Waals surface area contributed by atoms with E-state index in [4.69, 9.17) is 27.9 Å². The van der Waals surface area contributed by atoms with Crippen LogP contribution in [0, 0.1) is 0 Å². The molecule has 0 spiro atoms. The molecule has 8 heteroatoms. The van der Waals surface area contributed by atoms with Crippen LogP contribution in [0.1, 0.15) is 28.9 Å². The molecule has 2 aromatic heterocycles. The lowest BCUT2D eigenvalue weighted by molar-refractivity contribution is 0.0697. The number of carbonyl (C=O) groups excluding carboxylic acids is 1. The van der Waals surface area contributed by atoms with E-state index in [2.05, 4.69) is 10.3 Å². The molecule has 0 saturated heterocycles. The zero-order valence-electron chi connectivity index (χ0n) is 14.2. The lowest BCUT2D eigenvalue weighted by Crippen LogP contribution is -2.49. The molecule has 0 radical (unpaired) electrons. The molecule has 1 aliphatic carbocycles. The summed E-state index contributed by atoms with van der Waals surface area (Å²) < 4.78 is 7.53. The van der Waals surface area contributed by atoms with Gasteiger partial charge in [-0.15, -0.1) is 0 Å². The van der Waals surface area contributed by atoms with Crippen LogP contribution < -0.4 is 10.1 Å². The number of hydrogen-bond acceptors (Lipinski definition) is 4. The molecule has 1 saturated carbocycles. The lowest BCUT2D eigenvalue weighted by Gasteiger charge is -2.35. The van der Waals surface area contributed by atoms with Crippen LogP contribution in [-0.2, 0) is 6.61 Å². The number of hydrogen-bond donors (Lipinski definition) is 2. The minimum Gasteiger partial charge on any atom is -0.489 e. The highest BCUT2D eigenvalue weighted by Crippen LogP contribution is 2.35. The van der Waals surface area contributed by atoms with Gasteiger partial charge in [-0.1, -0.05) is 35.3 Å². The number of fused-ring (bicyclic) bond motifs is 1. The topological polar surface area (TPSA) is 75.9 Å². The second-order valence-corrected chi connectivity index (χ2v) is 7.25. The number of nitrogens with zero attached hydrogens (tertiary/aromatic N) is 2. The number of imidazole rings is 1. The minimum absolute atomic E-state index is 0.0190. The SMILES string of the molecule is O=C(N[C@H]1C[C@H](Oc2cccc(Cl)c2Cl)C1)c1cnc2c(CO)cccn12. The average Bonchev–Trinajstić information content (AvgIpc) is 3.07. The molecule has 2 heterocycles. The summed E-state index contributed by atoms with van der Waals surface area (Å²) in [5.74, 6) is 0.346. The fourth-order valence-corrected chi connectivity index (χ4v) is 3.49. The summed E-state index contributed by atoms with van der Waals surface area (Å²) in [5, 5.41) is 13.2. The number of rotatable bonds is 5. The van der Waals surface area contributed by atoms with Gasteiger partial charge in [-0.25, -0.2) is 4.98 Å². The molecule has 6 nitrogen and oxygen atoms in total. The fourth-order valence-electron chi connectivity index (χ4n) is 3.15. The number of nitrogens with one attached hydrogen (secondary N) is 1. The first-order valence-corrected chi connectivity index (χ1v) is 9.29. The van der Waals surface area contributed by atoms with Crippen LogP contribution in [0.3, 0.4) is 0 Å². The quantitative estimate of drug-likeness (QED) is 0.681. The molecule has 1 fully saturated rings. The molecule has 4 rings (SSSR count). The highest BCUT2D eigenvalue weighted by Gasteiger charge is 2.33. The van der Waals surface area contributed by atoms with Gasteiger partial charge in [0.15, 0.2) is 0 Å². The molecule has 0 aliphatic heterocycles. The maximum Gasteiger partial charge on any atom is 0.270 e. The molecule has 2 N–H and O–H groups in total. The average molecular weight is 406 g/mol. The van der Waals surface area contributed by atoms with Crippen molar-refractivity contribution in [1.82, 2.24) is 14.7 Å². The minimum atomic E-state index is -0.207. The van der Waals surface area contributed by atoms with Gasteiger partial charge in [0.2, 0.25) is 0 Å². The summed E-state index contributed by atoms with van der Waals surface area (Å²) in [6.45, 7) is -0.129. The van der Waals surface area contributed by atoms with E-state index < -0.39 is 0 Å². The molecule has 27 heavy (non-hydrogen) atoms. The highest BCUT2D eigenvalue weighted by atomic mass is 35.5. The van der Waals surface area contributed by atoms with E-state index in [9.17, 15) is 9.90 Å². The normalized spacial score (nSPS) is 18.9. The summed E-state index contributed by atoms with van der Waals surface area (Å²) >= 11 is 12.1. The van der Waals surface area contributed by atoms with Crippen molar-refractivity contribution in [3.05, 3.63) is 64.0 Å². The molecule has 0 atom stereocenters. The zero-order chi connectivity index (χ0) is 19.0. The summed E-state index contributed by atoms with van der Waals surface area (Å²) in [7, 11) is 0. The van der Waals surface area contributed by atoms with E-state index in [0.29, 0.717) is 45.5 Å². The monoisotopic (exact) mass is 405 g/mol. The Balaban J connectivity index is 1.38. The molecule has 1 aliphatic rings. The first kappa shape index (κ1) is 18.1. The van der Waals surface area contributed by atoms with Crippen LogP contribution in [0.25, 0.3) is 5.65 Å². The molecule has 0 bridgehead atoms. The second-order valence-electron chi connectivity index (χ2n) is 6.46. The predicted octanol–water partition coefficient (Wildman–Crippen LogP) is 3.47. The van der Waals surface area contributed by atoms with Crippen molar-refractivity contribution in [3.8, 4) is 5.75 Å². The molecule has 140 valence electrons. The van der Waals surface area contributed by atoms with Crippen molar-refractivity contribution in [2.75, 3.05) is 0 Å². The number of aromatic nitrogens is 2. The van der Waals surface area contributed by atoms with Crippen molar-refractivity contribution in [3.63, 3.8) is 0 Å². The summed E-state index contributed by atoms with van der Waals surface area (Å²) in [4.78, 5) is 16.8. The molecule has 3 aromatic rings. The van der Waals surface area contributed by atoms with Crippen molar-refractivity contribution in [1.29, 1.82) is 0 Å². The van der Waals surface area contributed by atoms with E-state index in [1.165, 1.54) is 6.20 Å². The van der Waals surface area contributed by atoms with Gasteiger partial charge in [0.05, 0.1) is 17.8 Å². The standard InChI is InChI=1S/C19H17Cl2N3O3/c20-14-4-1-5-16(17(14)21)27-13-7-12(8-13)23-19(26)15-9-22-18-11(10-25)3-2-6-24(15)18/h1-6,9,12-13,25H,7-8,10H2,(H,23,26)/t12-,13-. The Kier molecular flexibility index (Phi) is 4.95. The number of ether oxygens (including phenoxy) is 1. The molecule has 0 unspecified atom stereocenters. The number of carbonyl (C=O) groups is 1. The number of aliphatic hydroxyl groups is 1. The first-order valence-electron chi connectivity index (χ1n) is 8.54. The van der Waals surface area contributed by atoms with E-state index in [1.807, 2.05) is 0 Å². The number of halogens is 2. The van der Waals surface area contributed by atoms with Crippen LogP contribution in [0.4, 0.5) is 0 Å². The Hall–Kier alpha value is -2.28. The summed E-state index contributed by atoms with van der Waals surface area (Å²) in [5.41, 5.74) is 1.69. The van der Waals surface area contributed by atoms with E-state index in [0.717, 1.165) is 0 Å². The Morgan fingerprint density at radius 1 is 1.30 bits per heavy atom. The van der Waals surface area contributed by atoms with Crippen LogP contribution >= 0.6 is 23.2 Å². The second kappa shape index (κ2) is 7.38. The summed E-state index contributed by atoms with van der Waals surface area (Å²) in [6.07, 6.45) is 4.63. The van der Waals surface area contributed by atoms with Gasteiger partial charge in [0.25, 0.3) is 5.91 Å². The van der Waals surface area contributed by atoms with Crippen molar-refractivity contribution < 1.29 is 14.6 Å². The number of benzene rings is 1. The van der Waals surface area contributed by atoms with Gasteiger partial charge >= 0.3 is 0 Å². The Morgan fingerprint density at radius 3 is 2.89 bits per heavy atom. The number of pyridine rings is 1. The molecular formula is C19H17Cl2N3O3. The number of aliphatic hydroxyl groups excluding tert-OH is 1. The predicted molar refractivity (Wildman–Crippen MR) is 102 cm³/mol. The summed E-state index contributed by atoms with van der Waals surface area (Å²) in [6, 6.07) is 8.84. The van der Waals surface area contributed by atoms with Crippen molar-refractivity contribution in [2.24, 2.45) is 0 Å². The smallest absolute Gasteiger partial charge is 0.270 e. The Morgan fingerprint density at radius 2 is 2.11 bits per heavy atom. The number of amides is 1. The van der Waals surface area contributed by atoms with Gasteiger partial charge in [-0.05, 0) is 18.2 Å². The first-order chi connectivity index (χ1) is 13.1. The largest absolute Gasteiger partial charge is 0.489 e. The van der Waals surface area contributed by atoms with E-state index in [-0.39, 0.29) is 24.7 Å². The Bertz CT molecular complexity index is 999. The van der Waals surface area contributed by atoms with Crippen molar-refractivity contribution >= 4 is 34.8 Å². The van der Waals surface area contributed by atoms with Gasteiger partial charge in [0, 0.05) is 30.6 Å².